The number of hydrogen-bond donors (Lipinski definition) is 0. The normalized spacial score (nSPS) is 11.8. The van der Waals surface area contributed by atoms with Crippen LogP contribution in [0.2, 0.25) is 0 Å². The fourth-order valence-electron chi connectivity index (χ4n) is 2.65. The van der Waals surface area contributed by atoms with Crippen LogP contribution in [0.3, 0.4) is 0 Å². The van der Waals surface area contributed by atoms with Crippen molar-refractivity contribution in [3.8, 4) is 0 Å². The van der Waals surface area contributed by atoms with Crippen LogP contribution in [0.15, 0.2) is 24.3 Å². The van der Waals surface area contributed by atoms with Gasteiger partial charge in [-0.15, -0.1) is 0 Å². The molecule has 0 radical (unpaired) electrons. The number of amides is 1. The minimum absolute atomic E-state index is 0. The first-order chi connectivity index (χ1) is 12.9. The van der Waals surface area contributed by atoms with Gasteiger partial charge in [0, 0.05) is 20.0 Å². The molecule has 0 saturated carbocycles. The van der Waals surface area contributed by atoms with Crippen molar-refractivity contribution < 1.29 is 47.3 Å². The van der Waals surface area contributed by atoms with Crippen LogP contribution < -0.4 is 29.6 Å². The van der Waals surface area contributed by atoms with E-state index in [0.717, 1.165) is 38.5 Å². The molecule has 0 rings (SSSR count). The molecular formula is C21H38NNaO4S. The zero-order valence-electron chi connectivity index (χ0n) is 18.2. The Morgan fingerprint density at radius 2 is 1.43 bits per heavy atom. The van der Waals surface area contributed by atoms with Gasteiger partial charge >= 0.3 is 29.6 Å². The average molecular weight is 424 g/mol. The van der Waals surface area contributed by atoms with Gasteiger partial charge in [-0.25, -0.2) is 8.42 Å². The van der Waals surface area contributed by atoms with Crippen molar-refractivity contribution in [2.24, 2.45) is 0 Å². The molecule has 0 unspecified atom stereocenters. The quantitative estimate of drug-likeness (QED) is 0.155. The number of carbonyl (C=O) groups excluding carboxylic acids is 1. The van der Waals surface area contributed by atoms with E-state index in [9.17, 15) is 17.8 Å². The molecule has 7 heteroatoms. The zero-order valence-corrected chi connectivity index (χ0v) is 21.0. The molecule has 0 bridgehead atoms. The van der Waals surface area contributed by atoms with E-state index in [1.54, 1.807) is 7.05 Å². The van der Waals surface area contributed by atoms with Gasteiger partial charge in [-0.2, -0.15) is 0 Å². The van der Waals surface area contributed by atoms with Gasteiger partial charge in [0.25, 0.3) is 0 Å². The largest absolute Gasteiger partial charge is 1.00 e. The van der Waals surface area contributed by atoms with Crippen LogP contribution in [0.1, 0.15) is 84.0 Å². The van der Waals surface area contributed by atoms with Crippen LogP contribution in [-0.2, 0) is 14.9 Å². The Hall–Kier alpha value is -0.140. The molecule has 0 heterocycles. The topological polar surface area (TPSA) is 77.5 Å². The van der Waals surface area contributed by atoms with E-state index >= 15 is 0 Å². The molecule has 0 N–H and O–H groups in total. The number of allylic oxidation sites excluding steroid dienone is 4. The van der Waals surface area contributed by atoms with Gasteiger partial charge in [0.05, 0.1) is 15.9 Å². The van der Waals surface area contributed by atoms with Gasteiger partial charge in [-0.3, -0.25) is 4.79 Å². The van der Waals surface area contributed by atoms with Crippen molar-refractivity contribution in [3.63, 3.8) is 0 Å². The molecule has 0 spiro atoms. The number of carbonyl (C=O) groups is 1. The maximum absolute atomic E-state index is 11.8. The number of unbranched alkanes of at least 4 members (excludes halogenated alkanes) is 8. The smallest absolute Gasteiger partial charge is 0.748 e. The van der Waals surface area contributed by atoms with Crippen LogP contribution in [0.25, 0.3) is 0 Å². The van der Waals surface area contributed by atoms with Crippen molar-refractivity contribution in [2.45, 2.75) is 84.0 Å². The Balaban J connectivity index is 0. The fraction of sp³-hybridized carbons (Fsp3) is 0.762. The maximum atomic E-state index is 11.8. The van der Waals surface area contributed by atoms with Crippen LogP contribution in [0.4, 0.5) is 0 Å². The van der Waals surface area contributed by atoms with Crippen molar-refractivity contribution in [1.82, 2.24) is 4.90 Å². The summed E-state index contributed by atoms with van der Waals surface area (Å²) in [5.41, 5.74) is 0. The predicted molar refractivity (Wildman–Crippen MR) is 112 cm³/mol. The second-order valence-electron chi connectivity index (χ2n) is 7.06. The summed E-state index contributed by atoms with van der Waals surface area (Å²) >= 11 is 0. The van der Waals surface area contributed by atoms with Gasteiger partial charge in [0.1, 0.15) is 0 Å². The molecule has 0 aromatic carbocycles. The molecule has 0 aromatic heterocycles. The molecule has 0 aliphatic rings. The summed E-state index contributed by atoms with van der Waals surface area (Å²) in [6.45, 7) is 2.20. The third kappa shape index (κ3) is 22.2. The van der Waals surface area contributed by atoms with Crippen LogP contribution >= 0.6 is 0 Å². The first-order valence-electron chi connectivity index (χ1n) is 10.3. The standard InChI is InChI=1S/C21H39NO4S.Na/c1-3-4-5-6-7-8-9-10-11-12-13-14-15-16-17-18-21(23)22(2)19-20-27(24,25)26;/h7-8,10-11H,3-6,9,12-20H2,1-2H3,(H,24,25,26);/q;+1/p-1/b8-7+,11-10+;. The Labute approximate surface area is 195 Å². The summed E-state index contributed by atoms with van der Waals surface area (Å²) in [4.78, 5) is 13.1. The Morgan fingerprint density at radius 3 is 2.00 bits per heavy atom. The monoisotopic (exact) mass is 423 g/mol. The van der Waals surface area contributed by atoms with E-state index < -0.39 is 15.9 Å². The second-order valence-corrected chi connectivity index (χ2v) is 8.58. The van der Waals surface area contributed by atoms with Gasteiger partial charge in [0.15, 0.2) is 0 Å². The van der Waals surface area contributed by atoms with Gasteiger partial charge in [-0.1, -0.05) is 63.3 Å². The third-order valence-corrected chi connectivity index (χ3v) is 5.13. The molecule has 0 aromatic rings. The number of nitrogens with zero attached hydrogens (tertiary/aromatic N) is 1. The van der Waals surface area contributed by atoms with Crippen molar-refractivity contribution >= 4 is 16.0 Å². The Morgan fingerprint density at radius 1 is 0.893 bits per heavy atom. The molecule has 0 fully saturated rings. The first kappa shape index (κ1) is 30.1. The number of rotatable bonds is 17. The molecule has 0 saturated heterocycles. The molecule has 5 nitrogen and oxygen atoms in total. The predicted octanol–water partition coefficient (Wildman–Crippen LogP) is 1.81. The van der Waals surface area contributed by atoms with E-state index in [2.05, 4.69) is 31.2 Å². The third-order valence-electron chi connectivity index (χ3n) is 4.44. The van der Waals surface area contributed by atoms with Crippen LogP contribution in [-0.4, -0.2) is 43.1 Å². The number of hydrogen-bond acceptors (Lipinski definition) is 4. The van der Waals surface area contributed by atoms with Gasteiger partial charge in [-0.05, 0) is 38.5 Å². The van der Waals surface area contributed by atoms with Gasteiger partial charge in [0.2, 0.25) is 5.91 Å². The summed E-state index contributed by atoms with van der Waals surface area (Å²) in [6, 6.07) is 0. The molecular weight excluding hydrogens is 385 g/mol. The SMILES string of the molecule is CCCCC/C=C/C/C=C/CCCCCCCC(=O)N(C)CCS(=O)(=O)[O-].[Na+]. The summed E-state index contributed by atoms with van der Waals surface area (Å²) in [5.74, 6) is -0.610. The van der Waals surface area contributed by atoms with E-state index in [4.69, 9.17) is 0 Å². The molecule has 1 amide bonds. The molecule has 0 aliphatic heterocycles. The second kappa shape index (κ2) is 20.1. The van der Waals surface area contributed by atoms with Crippen LogP contribution in [0.5, 0.6) is 0 Å². The summed E-state index contributed by atoms with van der Waals surface area (Å²) in [7, 11) is -2.71. The molecule has 158 valence electrons. The molecule has 0 atom stereocenters. The molecule has 28 heavy (non-hydrogen) atoms. The summed E-state index contributed by atoms with van der Waals surface area (Å²) < 4.78 is 31.7. The van der Waals surface area contributed by atoms with Gasteiger partial charge < -0.3 is 9.45 Å². The zero-order chi connectivity index (χ0) is 20.4. The van der Waals surface area contributed by atoms with E-state index in [-0.39, 0.29) is 42.0 Å². The molecule has 0 aliphatic carbocycles. The van der Waals surface area contributed by atoms with E-state index in [1.807, 2.05) is 0 Å². The Bertz CT molecular complexity index is 533. The van der Waals surface area contributed by atoms with Crippen LogP contribution in [0, 0.1) is 0 Å². The maximum Gasteiger partial charge on any atom is 1.00 e. The van der Waals surface area contributed by atoms with E-state index in [1.165, 1.54) is 37.0 Å². The summed E-state index contributed by atoms with van der Waals surface area (Å²) in [6.07, 6.45) is 21.9. The summed E-state index contributed by atoms with van der Waals surface area (Å²) in [5, 5.41) is 0. The van der Waals surface area contributed by atoms with Crippen molar-refractivity contribution in [1.29, 1.82) is 0 Å². The minimum Gasteiger partial charge on any atom is -0.748 e. The first-order valence-corrected chi connectivity index (χ1v) is 11.9. The Kier molecular flexibility index (Phi) is 21.6. The average Bonchev–Trinajstić information content (AvgIpc) is 2.62. The fourth-order valence-corrected chi connectivity index (χ4v) is 3.15. The van der Waals surface area contributed by atoms with E-state index in [0.29, 0.717) is 6.42 Å². The van der Waals surface area contributed by atoms with Crippen molar-refractivity contribution in [3.05, 3.63) is 24.3 Å². The minimum atomic E-state index is -4.26. The van der Waals surface area contributed by atoms with Crippen molar-refractivity contribution in [2.75, 3.05) is 19.3 Å².